The molecule has 0 aliphatic heterocycles. The van der Waals surface area contributed by atoms with Gasteiger partial charge in [-0.05, 0) is 37.1 Å². The zero-order valence-corrected chi connectivity index (χ0v) is 10.6. The van der Waals surface area contributed by atoms with Crippen LogP contribution in [0, 0.1) is 6.92 Å². The minimum atomic E-state index is 0.697. The Balaban J connectivity index is 2.16. The van der Waals surface area contributed by atoms with E-state index in [0.29, 0.717) is 6.54 Å². The van der Waals surface area contributed by atoms with E-state index in [2.05, 4.69) is 35.3 Å². The maximum atomic E-state index is 5.54. The summed E-state index contributed by atoms with van der Waals surface area (Å²) in [5, 5.41) is 7.85. The summed E-state index contributed by atoms with van der Waals surface area (Å²) in [5.74, 6) is 0. The minimum Gasteiger partial charge on any atom is -0.330 e. The fourth-order valence-corrected chi connectivity index (χ4v) is 2.95. The SMILES string of the molecule is Cc1cc(CCN)ccc1Sc1nncs1. The molecule has 0 bridgehead atoms. The van der Waals surface area contributed by atoms with Crippen LogP contribution in [-0.2, 0) is 6.42 Å². The highest BCUT2D eigenvalue weighted by Gasteiger charge is 2.04. The van der Waals surface area contributed by atoms with Crippen molar-refractivity contribution in [3.63, 3.8) is 0 Å². The Hall–Kier alpha value is -0.910. The molecule has 2 rings (SSSR count). The molecule has 5 heteroatoms. The molecular weight excluding hydrogens is 238 g/mol. The van der Waals surface area contributed by atoms with Gasteiger partial charge in [-0.1, -0.05) is 35.2 Å². The molecule has 0 aliphatic carbocycles. The number of rotatable bonds is 4. The van der Waals surface area contributed by atoms with Crippen LogP contribution in [0.2, 0.25) is 0 Å². The Morgan fingerprint density at radius 3 is 2.94 bits per heavy atom. The molecule has 0 spiro atoms. The van der Waals surface area contributed by atoms with Gasteiger partial charge in [-0.25, -0.2) is 0 Å². The van der Waals surface area contributed by atoms with Crippen LogP contribution in [0.15, 0.2) is 32.9 Å². The summed E-state index contributed by atoms with van der Waals surface area (Å²) in [6.45, 7) is 2.81. The lowest BCUT2D eigenvalue weighted by atomic mass is 10.1. The Kier molecular flexibility index (Phi) is 3.93. The zero-order chi connectivity index (χ0) is 11.4. The second kappa shape index (κ2) is 5.43. The van der Waals surface area contributed by atoms with E-state index >= 15 is 0 Å². The van der Waals surface area contributed by atoms with Gasteiger partial charge in [0.1, 0.15) is 5.51 Å². The number of aryl methyl sites for hydroxylation is 1. The molecule has 0 fully saturated rings. The first-order chi connectivity index (χ1) is 7.79. The fraction of sp³-hybridized carbons (Fsp3) is 0.273. The number of nitrogens with zero attached hydrogens (tertiary/aromatic N) is 2. The quantitative estimate of drug-likeness (QED) is 0.907. The molecule has 2 aromatic rings. The minimum absolute atomic E-state index is 0.697. The topological polar surface area (TPSA) is 51.8 Å². The van der Waals surface area contributed by atoms with Gasteiger partial charge < -0.3 is 5.73 Å². The highest BCUT2D eigenvalue weighted by atomic mass is 32.2. The second-order valence-corrected chi connectivity index (χ2v) is 5.57. The maximum absolute atomic E-state index is 5.54. The van der Waals surface area contributed by atoms with Gasteiger partial charge in [0, 0.05) is 4.90 Å². The predicted octanol–water partition coefficient (Wildman–Crippen LogP) is 2.50. The van der Waals surface area contributed by atoms with Gasteiger partial charge in [0.2, 0.25) is 0 Å². The standard InChI is InChI=1S/C11H13N3S2/c1-8-6-9(4-5-12)2-3-10(8)16-11-14-13-7-15-11/h2-3,6-7H,4-5,12H2,1H3. The molecule has 3 nitrogen and oxygen atoms in total. The van der Waals surface area contributed by atoms with Crippen LogP contribution in [0.4, 0.5) is 0 Å². The molecule has 16 heavy (non-hydrogen) atoms. The molecule has 1 aromatic carbocycles. The third kappa shape index (κ3) is 2.81. The van der Waals surface area contributed by atoms with Crippen molar-refractivity contribution in [1.82, 2.24) is 10.2 Å². The van der Waals surface area contributed by atoms with Crippen molar-refractivity contribution in [3.05, 3.63) is 34.8 Å². The van der Waals surface area contributed by atoms with Gasteiger partial charge in [0.05, 0.1) is 0 Å². The number of aromatic nitrogens is 2. The highest BCUT2D eigenvalue weighted by Crippen LogP contribution is 2.31. The van der Waals surface area contributed by atoms with Crippen molar-refractivity contribution < 1.29 is 0 Å². The van der Waals surface area contributed by atoms with E-state index in [1.807, 2.05) is 0 Å². The second-order valence-electron chi connectivity index (χ2n) is 3.45. The molecule has 0 unspecified atom stereocenters. The Labute approximate surface area is 103 Å². The normalized spacial score (nSPS) is 10.6. The van der Waals surface area contributed by atoms with Crippen LogP contribution in [0.5, 0.6) is 0 Å². The summed E-state index contributed by atoms with van der Waals surface area (Å²) in [7, 11) is 0. The smallest absolute Gasteiger partial charge is 0.178 e. The number of nitrogens with two attached hydrogens (primary N) is 1. The first-order valence-corrected chi connectivity index (χ1v) is 6.73. The summed E-state index contributed by atoms with van der Waals surface area (Å²) in [4.78, 5) is 1.23. The van der Waals surface area contributed by atoms with Gasteiger partial charge in [0.25, 0.3) is 0 Å². The van der Waals surface area contributed by atoms with E-state index in [4.69, 9.17) is 5.73 Å². The van der Waals surface area contributed by atoms with Crippen LogP contribution >= 0.6 is 23.1 Å². The average Bonchev–Trinajstić information content (AvgIpc) is 2.75. The summed E-state index contributed by atoms with van der Waals surface area (Å²) < 4.78 is 0.981. The lowest BCUT2D eigenvalue weighted by Gasteiger charge is -2.05. The van der Waals surface area contributed by atoms with Crippen molar-refractivity contribution in [2.45, 2.75) is 22.6 Å². The largest absolute Gasteiger partial charge is 0.330 e. The molecule has 0 radical (unpaired) electrons. The van der Waals surface area contributed by atoms with Crippen molar-refractivity contribution in [3.8, 4) is 0 Å². The molecule has 0 saturated carbocycles. The van der Waals surface area contributed by atoms with E-state index < -0.39 is 0 Å². The van der Waals surface area contributed by atoms with Gasteiger partial charge in [-0.15, -0.1) is 10.2 Å². The predicted molar refractivity (Wildman–Crippen MR) is 68.0 cm³/mol. The summed E-state index contributed by atoms with van der Waals surface area (Å²) in [6, 6.07) is 6.45. The van der Waals surface area contributed by atoms with E-state index in [1.54, 1.807) is 28.6 Å². The van der Waals surface area contributed by atoms with Crippen molar-refractivity contribution in [2.24, 2.45) is 5.73 Å². The summed E-state index contributed by atoms with van der Waals surface area (Å²) in [5.41, 5.74) is 9.85. The van der Waals surface area contributed by atoms with E-state index in [0.717, 1.165) is 10.8 Å². The molecule has 0 atom stereocenters. The van der Waals surface area contributed by atoms with Crippen molar-refractivity contribution in [1.29, 1.82) is 0 Å². The molecular formula is C11H13N3S2. The fourth-order valence-electron chi connectivity index (χ4n) is 1.45. The van der Waals surface area contributed by atoms with Gasteiger partial charge >= 0.3 is 0 Å². The Morgan fingerprint density at radius 2 is 2.31 bits per heavy atom. The third-order valence-electron chi connectivity index (χ3n) is 2.21. The van der Waals surface area contributed by atoms with E-state index in [-0.39, 0.29) is 0 Å². The van der Waals surface area contributed by atoms with Crippen LogP contribution in [-0.4, -0.2) is 16.7 Å². The lowest BCUT2D eigenvalue weighted by Crippen LogP contribution is -2.02. The number of hydrogen-bond acceptors (Lipinski definition) is 5. The van der Waals surface area contributed by atoms with E-state index in [1.165, 1.54) is 16.0 Å². The van der Waals surface area contributed by atoms with Gasteiger partial charge in [0.15, 0.2) is 4.34 Å². The third-order valence-corrected chi connectivity index (χ3v) is 4.17. The van der Waals surface area contributed by atoms with Crippen LogP contribution in [0.1, 0.15) is 11.1 Å². The van der Waals surface area contributed by atoms with Gasteiger partial charge in [-0.2, -0.15) is 0 Å². The summed E-state index contributed by atoms with van der Waals surface area (Å²) in [6.07, 6.45) is 0.935. The number of benzene rings is 1. The first kappa shape index (κ1) is 11.6. The molecule has 2 N–H and O–H groups in total. The highest BCUT2D eigenvalue weighted by molar-refractivity contribution is 8.01. The monoisotopic (exact) mass is 251 g/mol. The van der Waals surface area contributed by atoms with Crippen molar-refractivity contribution >= 4 is 23.1 Å². The average molecular weight is 251 g/mol. The molecule has 1 aromatic heterocycles. The lowest BCUT2D eigenvalue weighted by molar-refractivity contribution is 0.962. The van der Waals surface area contributed by atoms with Crippen LogP contribution in [0.3, 0.4) is 0 Å². The molecule has 0 aliphatic rings. The van der Waals surface area contributed by atoms with Crippen LogP contribution in [0.25, 0.3) is 0 Å². The van der Waals surface area contributed by atoms with E-state index in [9.17, 15) is 0 Å². The maximum Gasteiger partial charge on any atom is 0.178 e. The van der Waals surface area contributed by atoms with Crippen LogP contribution < -0.4 is 5.73 Å². The molecule has 0 saturated heterocycles. The molecule has 0 amide bonds. The number of hydrogen-bond donors (Lipinski definition) is 1. The molecule has 1 heterocycles. The van der Waals surface area contributed by atoms with Crippen molar-refractivity contribution in [2.75, 3.05) is 6.54 Å². The zero-order valence-electron chi connectivity index (χ0n) is 9.01. The Bertz CT molecular complexity index is 454. The molecule has 84 valence electrons. The summed E-state index contributed by atoms with van der Waals surface area (Å²) >= 11 is 3.22. The first-order valence-electron chi connectivity index (χ1n) is 5.03. The van der Waals surface area contributed by atoms with Gasteiger partial charge in [-0.3, -0.25) is 0 Å². The Morgan fingerprint density at radius 1 is 1.44 bits per heavy atom.